The van der Waals surface area contributed by atoms with Gasteiger partial charge in [-0.25, -0.2) is 0 Å². The van der Waals surface area contributed by atoms with Gasteiger partial charge in [-0.2, -0.15) is 0 Å². The van der Waals surface area contributed by atoms with Gasteiger partial charge in [-0.3, -0.25) is 0 Å². The maximum atomic E-state index is 5.51. The summed E-state index contributed by atoms with van der Waals surface area (Å²) in [6.45, 7) is 0.745. The molecule has 1 rings (SSSR count). The number of hydrogen-bond acceptors (Lipinski definition) is 2. The molecule has 1 aliphatic heterocycles. The second kappa shape index (κ2) is 9.50. The van der Waals surface area contributed by atoms with E-state index in [1.54, 1.807) is 6.26 Å². The molecular formula is C13H17BrO2. The van der Waals surface area contributed by atoms with Gasteiger partial charge in [-0.15, -0.1) is 5.92 Å². The van der Waals surface area contributed by atoms with Gasteiger partial charge in [0.25, 0.3) is 0 Å². The monoisotopic (exact) mass is 284 g/mol. The number of ether oxygens (including phenoxy) is 2. The van der Waals surface area contributed by atoms with E-state index in [4.69, 9.17) is 9.47 Å². The van der Waals surface area contributed by atoms with Crippen LogP contribution in [0.3, 0.4) is 0 Å². The fourth-order valence-electron chi connectivity index (χ4n) is 1.29. The topological polar surface area (TPSA) is 18.5 Å². The van der Waals surface area contributed by atoms with Crippen molar-refractivity contribution in [1.29, 1.82) is 0 Å². The third-order valence-electron chi connectivity index (χ3n) is 2.09. The summed E-state index contributed by atoms with van der Waals surface area (Å²) < 4.78 is 10.7. The molecule has 0 radical (unpaired) electrons. The minimum absolute atomic E-state index is 0.196. The molecule has 3 heteroatoms. The zero-order chi connectivity index (χ0) is 11.5. The van der Waals surface area contributed by atoms with E-state index < -0.39 is 0 Å². The first kappa shape index (κ1) is 13.3. The van der Waals surface area contributed by atoms with E-state index >= 15 is 0 Å². The molecule has 0 aromatic heterocycles. The van der Waals surface area contributed by atoms with Gasteiger partial charge in [0, 0.05) is 6.42 Å². The molecule has 0 aliphatic carbocycles. The Balaban J connectivity index is 1.88. The first-order valence-electron chi connectivity index (χ1n) is 5.55. The van der Waals surface area contributed by atoms with E-state index in [0.29, 0.717) is 0 Å². The molecule has 0 aromatic rings. The molecule has 1 atom stereocenters. The highest BCUT2D eigenvalue weighted by Crippen LogP contribution is 2.06. The maximum Gasteiger partial charge on any atom is 0.219 e. The fraction of sp³-hybridized carbons (Fsp3) is 0.538. The Morgan fingerprint density at radius 3 is 2.88 bits per heavy atom. The summed E-state index contributed by atoms with van der Waals surface area (Å²) >= 11 is 3.27. The Morgan fingerprint density at radius 1 is 1.19 bits per heavy atom. The first-order valence-corrected chi connectivity index (χ1v) is 6.67. The number of alkyl halides is 1. The molecule has 0 aromatic carbocycles. The van der Waals surface area contributed by atoms with Crippen LogP contribution >= 0.6 is 15.9 Å². The van der Waals surface area contributed by atoms with Gasteiger partial charge in [-0.1, -0.05) is 34.3 Å². The fourth-order valence-corrected chi connectivity index (χ4v) is 1.49. The van der Waals surface area contributed by atoms with Gasteiger partial charge in [0.2, 0.25) is 6.29 Å². The van der Waals surface area contributed by atoms with Gasteiger partial charge < -0.3 is 9.47 Å². The van der Waals surface area contributed by atoms with Crippen molar-refractivity contribution >= 4 is 15.9 Å². The highest BCUT2D eigenvalue weighted by molar-refractivity contribution is 9.09. The third kappa shape index (κ3) is 6.71. The van der Waals surface area contributed by atoms with E-state index in [1.807, 2.05) is 18.2 Å². The van der Waals surface area contributed by atoms with Crippen molar-refractivity contribution < 1.29 is 9.47 Å². The quantitative estimate of drug-likeness (QED) is 0.423. The molecule has 0 fully saturated rings. The third-order valence-corrected chi connectivity index (χ3v) is 2.37. The summed E-state index contributed by atoms with van der Waals surface area (Å²) in [6.07, 6.45) is 11.5. The summed E-state index contributed by atoms with van der Waals surface area (Å²) in [5, 5.41) is 0.773. The van der Waals surface area contributed by atoms with Gasteiger partial charge in [0.1, 0.15) is 0 Å². The predicted molar refractivity (Wildman–Crippen MR) is 69.1 cm³/mol. The second-order valence-electron chi connectivity index (χ2n) is 3.39. The Hall–Kier alpha value is -0.720. The van der Waals surface area contributed by atoms with E-state index in [0.717, 1.165) is 37.6 Å². The summed E-state index contributed by atoms with van der Waals surface area (Å²) in [7, 11) is 0. The van der Waals surface area contributed by atoms with E-state index in [2.05, 4.69) is 27.8 Å². The molecule has 0 N–H and O–H groups in total. The van der Waals surface area contributed by atoms with Crippen LogP contribution in [0.2, 0.25) is 0 Å². The van der Waals surface area contributed by atoms with Gasteiger partial charge in [-0.05, 0) is 25.0 Å². The lowest BCUT2D eigenvalue weighted by Gasteiger charge is -2.15. The van der Waals surface area contributed by atoms with Crippen LogP contribution in [-0.4, -0.2) is 18.2 Å². The maximum absolute atomic E-state index is 5.51. The average molecular weight is 285 g/mol. The number of allylic oxidation sites excluding steroid dienone is 2. The highest BCUT2D eigenvalue weighted by atomic mass is 79.9. The summed E-state index contributed by atoms with van der Waals surface area (Å²) in [4.78, 5) is 0. The summed E-state index contributed by atoms with van der Waals surface area (Å²) in [5.41, 5.74) is 0. The number of unbranched alkanes of at least 4 members (excludes halogenated alkanes) is 3. The minimum atomic E-state index is -0.196. The largest absolute Gasteiger partial charge is 0.469 e. The number of rotatable bonds is 6. The number of halogens is 1. The molecular weight excluding hydrogens is 268 g/mol. The zero-order valence-corrected chi connectivity index (χ0v) is 10.9. The Kier molecular flexibility index (Phi) is 7.93. The van der Waals surface area contributed by atoms with E-state index in [9.17, 15) is 0 Å². The molecule has 88 valence electrons. The Labute approximate surface area is 106 Å². The molecule has 0 saturated heterocycles. The van der Waals surface area contributed by atoms with Crippen molar-refractivity contribution in [3.63, 3.8) is 0 Å². The van der Waals surface area contributed by atoms with Gasteiger partial charge in [0.05, 0.1) is 18.2 Å². The van der Waals surface area contributed by atoms with Crippen molar-refractivity contribution in [2.45, 2.75) is 32.0 Å². The minimum Gasteiger partial charge on any atom is -0.469 e. The van der Waals surface area contributed by atoms with Crippen LogP contribution in [0.15, 0.2) is 24.5 Å². The molecule has 0 amide bonds. The van der Waals surface area contributed by atoms with Crippen molar-refractivity contribution in [3.8, 4) is 11.8 Å². The zero-order valence-electron chi connectivity index (χ0n) is 9.32. The van der Waals surface area contributed by atoms with Crippen LogP contribution in [0.1, 0.15) is 25.7 Å². The van der Waals surface area contributed by atoms with Crippen LogP contribution in [0, 0.1) is 11.8 Å². The van der Waals surface area contributed by atoms with Gasteiger partial charge >= 0.3 is 0 Å². The molecule has 16 heavy (non-hydrogen) atoms. The summed E-state index contributed by atoms with van der Waals surface area (Å²) in [6, 6.07) is 0. The van der Waals surface area contributed by atoms with Crippen LogP contribution in [0.4, 0.5) is 0 Å². The van der Waals surface area contributed by atoms with Gasteiger partial charge in [0.15, 0.2) is 0 Å². The lowest BCUT2D eigenvalue weighted by Crippen LogP contribution is -2.13. The molecule has 0 bridgehead atoms. The van der Waals surface area contributed by atoms with Crippen LogP contribution < -0.4 is 0 Å². The van der Waals surface area contributed by atoms with Crippen LogP contribution in [0.25, 0.3) is 0 Å². The van der Waals surface area contributed by atoms with Crippen molar-refractivity contribution in [2.75, 3.05) is 11.9 Å². The predicted octanol–water partition coefficient (Wildman–Crippen LogP) is 3.39. The van der Waals surface area contributed by atoms with Crippen molar-refractivity contribution in [3.05, 3.63) is 24.5 Å². The lowest BCUT2D eigenvalue weighted by atomic mass is 10.2. The molecule has 1 unspecified atom stereocenters. The standard InChI is InChI=1S/C13H17BrO2/c14-10-6-3-1-2-4-7-11-15-13-9-5-8-12-16-13/h5,8-9,12-13H,1-2,4,7,10-11H2. The van der Waals surface area contributed by atoms with E-state index in [-0.39, 0.29) is 6.29 Å². The van der Waals surface area contributed by atoms with Crippen LogP contribution in [-0.2, 0) is 9.47 Å². The highest BCUT2D eigenvalue weighted by Gasteiger charge is 2.04. The molecule has 1 heterocycles. The normalized spacial score (nSPS) is 17.7. The molecule has 0 saturated carbocycles. The SMILES string of the molecule is BrCC#CCCCCCOC1C=CC=CO1. The first-order chi connectivity index (χ1) is 7.93. The molecule has 0 spiro atoms. The lowest BCUT2D eigenvalue weighted by molar-refractivity contribution is -0.0749. The van der Waals surface area contributed by atoms with Crippen LogP contribution in [0.5, 0.6) is 0 Å². The molecule has 2 nitrogen and oxygen atoms in total. The second-order valence-corrected chi connectivity index (χ2v) is 3.95. The van der Waals surface area contributed by atoms with Crippen molar-refractivity contribution in [1.82, 2.24) is 0 Å². The Bertz CT molecular complexity index is 286. The Morgan fingerprint density at radius 2 is 2.12 bits per heavy atom. The van der Waals surface area contributed by atoms with E-state index in [1.165, 1.54) is 0 Å². The smallest absolute Gasteiger partial charge is 0.219 e. The van der Waals surface area contributed by atoms with Crippen molar-refractivity contribution in [2.24, 2.45) is 0 Å². The molecule has 1 aliphatic rings. The summed E-state index contributed by atoms with van der Waals surface area (Å²) in [5.74, 6) is 6.08. The average Bonchev–Trinajstić information content (AvgIpc) is 2.34. The number of hydrogen-bond donors (Lipinski definition) is 0.